The van der Waals surface area contributed by atoms with Crippen molar-refractivity contribution in [3.05, 3.63) is 34.6 Å². The number of benzene rings is 1. The molecule has 3 rings (SSSR count). The molecule has 0 saturated heterocycles. The van der Waals surface area contributed by atoms with E-state index in [0.717, 1.165) is 48.0 Å². The van der Waals surface area contributed by atoms with E-state index in [0.29, 0.717) is 10.6 Å². The van der Waals surface area contributed by atoms with Crippen molar-refractivity contribution < 1.29 is 4.79 Å². The second kappa shape index (κ2) is 5.97. The molecule has 1 aliphatic heterocycles. The van der Waals surface area contributed by atoms with Gasteiger partial charge in [-0.3, -0.25) is 4.79 Å². The number of fused-ring (bicyclic) bond motifs is 1. The number of halogens is 1. The van der Waals surface area contributed by atoms with Crippen LogP contribution in [0.1, 0.15) is 35.4 Å². The molecule has 2 heterocycles. The SMILES string of the molecule is O=Cc1cccc(Cl)c1Sc1nnc2n1CCCCC2. The van der Waals surface area contributed by atoms with E-state index in [1.807, 2.05) is 0 Å². The molecule has 0 amide bonds. The van der Waals surface area contributed by atoms with Gasteiger partial charge < -0.3 is 4.57 Å². The molecule has 0 saturated carbocycles. The van der Waals surface area contributed by atoms with E-state index in [-0.39, 0.29) is 0 Å². The first kappa shape index (κ1) is 13.6. The average Bonchev–Trinajstić information content (AvgIpc) is 2.69. The Morgan fingerprint density at radius 2 is 2.15 bits per heavy atom. The summed E-state index contributed by atoms with van der Waals surface area (Å²) in [6.45, 7) is 0.936. The molecular weight excluding hydrogens is 294 g/mol. The van der Waals surface area contributed by atoms with Crippen LogP contribution in [0, 0.1) is 0 Å². The lowest BCUT2D eigenvalue weighted by atomic mass is 10.2. The van der Waals surface area contributed by atoms with E-state index >= 15 is 0 Å². The maximum Gasteiger partial charge on any atom is 0.196 e. The van der Waals surface area contributed by atoms with Gasteiger partial charge in [0.1, 0.15) is 5.82 Å². The normalized spacial score (nSPS) is 14.7. The predicted molar refractivity (Wildman–Crippen MR) is 78.5 cm³/mol. The summed E-state index contributed by atoms with van der Waals surface area (Å²) < 4.78 is 2.15. The summed E-state index contributed by atoms with van der Waals surface area (Å²) in [5.41, 5.74) is 0.591. The number of hydrogen-bond donors (Lipinski definition) is 0. The number of carbonyl (C=O) groups is 1. The van der Waals surface area contributed by atoms with Gasteiger partial charge in [0, 0.05) is 23.4 Å². The van der Waals surface area contributed by atoms with Crippen molar-refractivity contribution in [2.75, 3.05) is 0 Å². The topological polar surface area (TPSA) is 47.8 Å². The maximum absolute atomic E-state index is 11.1. The Morgan fingerprint density at radius 1 is 1.25 bits per heavy atom. The van der Waals surface area contributed by atoms with E-state index in [1.165, 1.54) is 18.2 Å². The molecule has 1 aromatic carbocycles. The van der Waals surface area contributed by atoms with Crippen LogP contribution in [0.15, 0.2) is 28.3 Å². The van der Waals surface area contributed by atoms with Crippen molar-refractivity contribution >= 4 is 29.6 Å². The second-order valence-corrected chi connectivity index (χ2v) is 6.12. The summed E-state index contributed by atoms with van der Waals surface area (Å²) >= 11 is 7.63. The van der Waals surface area contributed by atoms with Gasteiger partial charge in [0.25, 0.3) is 0 Å². The van der Waals surface area contributed by atoms with Gasteiger partial charge in [0.05, 0.1) is 5.02 Å². The first-order chi connectivity index (χ1) is 9.79. The van der Waals surface area contributed by atoms with Crippen LogP contribution >= 0.6 is 23.4 Å². The molecule has 0 atom stereocenters. The molecule has 0 aliphatic carbocycles. The number of aromatic nitrogens is 3. The zero-order chi connectivity index (χ0) is 13.9. The lowest BCUT2D eigenvalue weighted by Gasteiger charge is -2.08. The molecule has 6 heteroatoms. The molecule has 104 valence electrons. The fraction of sp³-hybridized carbons (Fsp3) is 0.357. The Hall–Kier alpha value is -1.33. The highest BCUT2D eigenvalue weighted by Gasteiger charge is 2.18. The van der Waals surface area contributed by atoms with Gasteiger partial charge in [-0.2, -0.15) is 0 Å². The quantitative estimate of drug-likeness (QED) is 0.813. The molecule has 0 fully saturated rings. The molecule has 0 N–H and O–H groups in total. The van der Waals surface area contributed by atoms with Crippen LogP contribution in [0.4, 0.5) is 0 Å². The summed E-state index contributed by atoms with van der Waals surface area (Å²) in [7, 11) is 0. The van der Waals surface area contributed by atoms with E-state index in [1.54, 1.807) is 18.2 Å². The fourth-order valence-electron chi connectivity index (χ4n) is 2.35. The van der Waals surface area contributed by atoms with Gasteiger partial charge in [-0.15, -0.1) is 10.2 Å². The van der Waals surface area contributed by atoms with E-state index in [2.05, 4.69) is 14.8 Å². The third-order valence-corrected chi connectivity index (χ3v) is 4.96. The van der Waals surface area contributed by atoms with Crippen molar-refractivity contribution in [1.29, 1.82) is 0 Å². The largest absolute Gasteiger partial charge is 0.306 e. The van der Waals surface area contributed by atoms with Gasteiger partial charge >= 0.3 is 0 Å². The molecule has 4 nitrogen and oxygen atoms in total. The minimum atomic E-state index is 0.575. The number of rotatable bonds is 3. The van der Waals surface area contributed by atoms with Crippen LogP contribution in [-0.2, 0) is 13.0 Å². The molecule has 1 aliphatic rings. The van der Waals surface area contributed by atoms with Crippen LogP contribution in [0.3, 0.4) is 0 Å². The van der Waals surface area contributed by atoms with Crippen LogP contribution in [0.25, 0.3) is 0 Å². The Balaban J connectivity index is 1.96. The third-order valence-electron chi connectivity index (χ3n) is 3.39. The van der Waals surface area contributed by atoms with E-state index in [9.17, 15) is 4.79 Å². The number of aryl methyl sites for hydroxylation is 1. The van der Waals surface area contributed by atoms with Crippen molar-refractivity contribution in [2.45, 2.75) is 42.3 Å². The second-order valence-electron chi connectivity index (χ2n) is 4.74. The smallest absolute Gasteiger partial charge is 0.196 e. The molecule has 0 unspecified atom stereocenters. The van der Waals surface area contributed by atoms with Gasteiger partial charge in [-0.1, -0.05) is 30.2 Å². The number of aldehydes is 1. The Bertz CT molecular complexity index is 641. The molecular formula is C14H14ClN3OS. The molecule has 1 aromatic heterocycles. The number of hydrogen-bond acceptors (Lipinski definition) is 4. The molecule has 0 bridgehead atoms. The molecule has 20 heavy (non-hydrogen) atoms. The van der Waals surface area contributed by atoms with Crippen LogP contribution in [0.2, 0.25) is 5.02 Å². The minimum absolute atomic E-state index is 0.575. The summed E-state index contributed by atoms with van der Waals surface area (Å²) in [6, 6.07) is 5.33. The Labute approximate surface area is 126 Å². The molecule has 0 radical (unpaired) electrons. The highest BCUT2D eigenvalue weighted by Crippen LogP contribution is 2.35. The third kappa shape index (κ3) is 2.60. The summed E-state index contributed by atoms with van der Waals surface area (Å²) in [5, 5.41) is 9.90. The van der Waals surface area contributed by atoms with Gasteiger partial charge in [-0.05, 0) is 30.7 Å². The van der Waals surface area contributed by atoms with Crippen LogP contribution < -0.4 is 0 Å². The van der Waals surface area contributed by atoms with E-state index in [4.69, 9.17) is 11.6 Å². The van der Waals surface area contributed by atoms with Gasteiger partial charge in [-0.25, -0.2) is 0 Å². The predicted octanol–water partition coefficient (Wildman–Crippen LogP) is 3.62. The molecule has 0 spiro atoms. The first-order valence-corrected chi connectivity index (χ1v) is 7.82. The summed E-state index contributed by atoms with van der Waals surface area (Å²) in [5.74, 6) is 1.03. The van der Waals surface area contributed by atoms with E-state index < -0.39 is 0 Å². The maximum atomic E-state index is 11.1. The van der Waals surface area contributed by atoms with Gasteiger partial charge in [0.15, 0.2) is 11.4 Å². The minimum Gasteiger partial charge on any atom is -0.306 e. The zero-order valence-corrected chi connectivity index (χ0v) is 12.5. The van der Waals surface area contributed by atoms with Crippen LogP contribution in [-0.4, -0.2) is 21.1 Å². The van der Waals surface area contributed by atoms with Gasteiger partial charge in [0.2, 0.25) is 0 Å². The highest BCUT2D eigenvalue weighted by molar-refractivity contribution is 7.99. The fourth-order valence-corrected chi connectivity index (χ4v) is 3.62. The molecule has 2 aromatic rings. The first-order valence-electron chi connectivity index (χ1n) is 6.63. The highest BCUT2D eigenvalue weighted by atomic mass is 35.5. The van der Waals surface area contributed by atoms with Crippen molar-refractivity contribution in [2.24, 2.45) is 0 Å². The van der Waals surface area contributed by atoms with Crippen molar-refractivity contribution in [3.8, 4) is 0 Å². The van der Waals surface area contributed by atoms with Crippen LogP contribution in [0.5, 0.6) is 0 Å². The lowest BCUT2D eigenvalue weighted by Crippen LogP contribution is -2.02. The average molecular weight is 308 g/mol. The monoisotopic (exact) mass is 307 g/mol. The van der Waals surface area contributed by atoms with Crippen molar-refractivity contribution in [3.63, 3.8) is 0 Å². The Morgan fingerprint density at radius 3 is 3.00 bits per heavy atom. The number of carbonyl (C=O) groups excluding carboxylic acids is 1. The zero-order valence-electron chi connectivity index (χ0n) is 10.9. The number of nitrogens with zero attached hydrogens (tertiary/aromatic N) is 3. The standard InChI is InChI=1S/C14H14ClN3OS/c15-11-6-4-5-10(9-19)13(11)20-14-17-16-12-7-2-1-3-8-18(12)14/h4-6,9H,1-3,7-8H2. The Kier molecular flexibility index (Phi) is 4.08. The van der Waals surface area contributed by atoms with Crippen molar-refractivity contribution in [1.82, 2.24) is 14.8 Å². The summed E-state index contributed by atoms with van der Waals surface area (Å²) in [6.07, 6.45) is 5.32. The summed E-state index contributed by atoms with van der Waals surface area (Å²) in [4.78, 5) is 11.9. The lowest BCUT2D eigenvalue weighted by molar-refractivity contribution is 0.112.